The molecular weight excluding hydrogens is 1050 g/mol. The van der Waals surface area contributed by atoms with Gasteiger partial charge in [-0.25, -0.2) is 9.78 Å². The lowest BCUT2D eigenvalue weighted by molar-refractivity contribution is -0.141. The molecule has 420 valence electrons. The third-order valence-electron chi connectivity index (χ3n) is 12.8. The number of carboxylic acid groups (broad SMARTS) is 1. The highest BCUT2D eigenvalue weighted by atomic mass is 33.1. The zero-order valence-electron chi connectivity index (χ0n) is 43.7. The molecule has 6 rings (SSSR count). The van der Waals surface area contributed by atoms with Crippen molar-refractivity contribution in [1.29, 1.82) is 0 Å². The molecular formula is C56H69N11O10S2. The molecule has 1 fully saturated rings. The van der Waals surface area contributed by atoms with Gasteiger partial charge in [-0.2, -0.15) is 0 Å². The van der Waals surface area contributed by atoms with Gasteiger partial charge < -0.3 is 63.5 Å². The Morgan fingerprint density at radius 1 is 0.570 bits per heavy atom. The van der Waals surface area contributed by atoms with Crippen LogP contribution in [0.25, 0.3) is 0 Å². The van der Waals surface area contributed by atoms with Crippen LogP contribution in [0.2, 0.25) is 0 Å². The van der Waals surface area contributed by atoms with Gasteiger partial charge >= 0.3 is 5.97 Å². The molecule has 1 aromatic heterocycles. The Bertz CT molecular complexity index is 2800. The molecule has 4 aromatic carbocycles. The number of carbonyl (C=O) groups is 8. The van der Waals surface area contributed by atoms with Gasteiger partial charge in [0.15, 0.2) is 0 Å². The first-order valence-corrected chi connectivity index (χ1v) is 28.5. The van der Waals surface area contributed by atoms with Crippen LogP contribution < -0.4 is 48.7 Å². The predicted octanol–water partition coefficient (Wildman–Crippen LogP) is 0.912. The zero-order chi connectivity index (χ0) is 56.7. The third-order valence-corrected chi connectivity index (χ3v) is 15.3. The molecule has 0 saturated carbocycles. The number of aliphatic hydroxyl groups is 1. The summed E-state index contributed by atoms with van der Waals surface area (Å²) in [5.74, 6) is -7.54. The number of hydrogen-bond acceptors (Lipinski definition) is 14. The Morgan fingerprint density at radius 2 is 0.987 bits per heavy atom. The molecule has 1 aliphatic rings. The fraction of sp³-hybridized carbons (Fsp3) is 0.375. The van der Waals surface area contributed by atoms with E-state index in [-0.39, 0.29) is 50.2 Å². The van der Waals surface area contributed by atoms with Crippen LogP contribution in [0.1, 0.15) is 54.1 Å². The molecule has 79 heavy (non-hydrogen) atoms. The van der Waals surface area contributed by atoms with E-state index in [1.807, 2.05) is 30.3 Å². The number of nitrogens with two attached hydrogens (primary N) is 2. The van der Waals surface area contributed by atoms with E-state index in [1.165, 1.54) is 6.92 Å². The van der Waals surface area contributed by atoms with Crippen molar-refractivity contribution in [3.05, 3.63) is 162 Å². The van der Waals surface area contributed by atoms with Crippen molar-refractivity contribution in [2.75, 3.05) is 18.1 Å². The summed E-state index contributed by atoms with van der Waals surface area (Å²) in [4.78, 5) is 118. The van der Waals surface area contributed by atoms with Gasteiger partial charge in [-0.15, -0.1) is 0 Å². The summed E-state index contributed by atoms with van der Waals surface area (Å²) in [5, 5.41) is 40.0. The Balaban J connectivity index is 1.39. The van der Waals surface area contributed by atoms with Crippen molar-refractivity contribution in [3.8, 4) is 0 Å². The van der Waals surface area contributed by atoms with Gasteiger partial charge in [0.05, 0.1) is 24.2 Å². The first-order valence-electron chi connectivity index (χ1n) is 26.0. The average Bonchev–Trinajstić information content (AvgIpc) is 3.88. The maximum Gasteiger partial charge on any atom is 0.327 e. The minimum Gasteiger partial charge on any atom is -0.480 e. The summed E-state index contributed by atoms with van der Waals surface area (Å²) in [7, 11) is 2.07. The van der Waals surface area contributed by atoms with Crippen LogP contribution in [0.15, 0.2) is 134 Å². The van der Waals surface area contributed by atoms with Crippen molar-refractivity contribution < 1.29 is 48.6 Å². The fourth-order valence-corrected chi connectivity index (χ4v) is 10.8. The minimum absolute atomic E-state index is 0.00786. The van der Waals surface area contributed by atoms with Crippen molar-refractivity contribution in [2.24, 2.45) is 11.5 Å². The van der Waals surface area contributed by atoms with Crippen LogP contribution in [-0.2, 0) is 70.6 Å². The van der Waals surface area contributed by atoms with Gasteiger partial charge in [0.25, 0.3) is 0 Å². The van der Waals surface area contributed by atoms with E-state index in [4.69, 9.17) is 11.5 Å². The lowest BCUT2D eigenvalue weighted by Crippen LogP contribution is -2.62. The topological polar surface area (TPSA) is 331 Å². The summed E-state index contributed by atoms with van der Waals surface area (Å²) in [6.07, 6.45) is 2.08. The molecule has 0 aliphatic carbocycles. The monoisotopic (exact) mass is 1120 g/mol. The number of amides is 7. The second-order valence-electron chi connectivity index (χ2n) is 19.2. The maximum absolute atomic E-state index is 14.9. The van der Waals surface area contributed by atoms with E-state index in [2.05, 4.69) is 42.2 Å². The van der Waals surface area contributed by atoms with Crippen LogP contribution >= 0.6 is 21.6 Å². The minimum atomic E-state index is -1.70. The number of aliphatic hydroxyl groups excluding tert-OH is 1. The average molecular weight is 1120 g/mol. The Labute approximate surface area is 466 Å². The summed E-state index contributed by atoms with van der Waals surface area (Å²) >= 11 is 0. The van der Waals surface area contributed by atoms with Gasteiger partial charge in [0.1, 0.15) is 42.3 Å². The van der Waals surface area contributed by atoms with Crippen LogP contribution in [0.3, 0.4) is 0 Å². The molecule has 1 saturated heterocycles. The van der Waals surface area contributed by atoms with Gasteiger partial charge in [0.2, 0.25) is 41.4 Å². The molecule has 1 aliphatic heterocycles. The summed E-state index contributed by atoms with van der Waals surface area (Å²) in [5.41, 5.74) is 15.5. The van der Waals surface area contributed by atoms with Crippen molar-refractivity contribution >= 4 is 68.9 Å². The molecule has 0 bridgehead atoms. The standard InChI is InChI=1S/C56H69N11O10S2/c1-35(68)48-55(75)64-45(28-38-20-10-4-11-21-38)53(73)65-47(56(76)77)33-79-78-32-41(58)49(69)61-43(26-36-16-6-2-7-17-36)51(71)62-44(27-37-18-8-3-9-19-37)52(72)63-46(54(74)60-42(50(70)66-48)24-14-15-25-57)29-40-31-67(34-59-40)30-39-22-12-5-13-23-39/h2-13,16-23,31,34-35,41-48,68H,14-15,24-30,32-33,57-58H2,1H3,(H,60,74)(H,61,69)(H,62,71)(H,63,72)(H,64,75)(H,65,73)(H,66,70)(H,76,77)/t35-,41+,42+,43+,44+,45+,46+,47+,48+/m1/s1. The summed E-state index contributed by atoms with van der Waals surface area (Å²) in [6.45, 7) is 1.93. The number of imidazole rings is 1. The van der Waals surface area contributed by atoms with Gasteiger partial charge in [-0.1, -0.05) is 143 Å². The number of nitrogens with one attached hydrogen (secondary N) is 7. The number of hydrogen-bond donors (Lipinski definition) is 11. The molecule has 0 unspecified atom stereocenters. The van der Waals surface area contributed by atoms with Crippen molar-refractivity contribution in [3.63, 3.8) is 0 Å². The number of carboxylic acids is 1. The second kappa shape index (κ2) is 31.1. The lowest BCUT2D eigenvalue weighted by atomic mass is 10.0. The Kier molecular flexibility index (Phi) is 23.9. The highest BCUT2D eigenvalue weighted by Crippen LogP contribution is 2.23. The molecule has 21 nitrogen and oxygen atoms in total. The van der Waals surface area contributed by atoms with E-state index in [9.17, 15) is 48.6 Å². The smallest absolute Gasteiger partial charge is 0.327 e. The van der Waals surface area contributed by atoms with Crippen LogP contribution in [0, 0.1) is 0 Å². The first kappa shape index (κ1) is 60.7. The second-order valence-corrected chi connectivity index (χ2v) is 21.7. The van der Waals surface area contributed by atoms with E-state index in [0.717, 1.165) is 27.2 Å². The SMILES string of the molecule is C[C@@H](O)[C@@H]1NC(=O)[C@H](CCCCN)NC(=O)[C@H](Cc2cn(Cc3ccccc3)cn2)NC(=O)[C@H](Cc2ccccc2)NC(=O)[C@H](Cc2ccccc2)NC(=O)[C@@H](N)CSSC[C@@H](C(=O)O)NC(=O)[C@H](Cc2ccccc2)NC1=O. The zero-order valence-corrected chi connectivity index (χ0v) is 45.3. The van der Waals surface area contributed by atoms with E-state index >= 15 is 0 Å². The first-order chi connectivity index (χ1) is 38.1. The molecule has 0 radical (unpaired) electrons. The largest absolute Gasteiger partial charge is 0.480 e. The molecule has 23 heteroatoms. The van der Waals surface area contributed by atoms with Gasteiger partial charge in [-0.3, -0.25) is 33.6 Å². The quantitative estimate of drug-likeness (QED) is 0.0484. The Morgan fingerprint density at radius 3 is 1.47 bits per heavy atom. The number of aromatic nitrogens is 2. The van der Waals surface area contributed by atoms with E-state index < -0.39 is 102 Å². The van der Waals surface area contributed by atoms with Gasteiger partial charge in [0, 0.05) is 49.9 Å². The van der Waals surface area contributed by atoms with Crippen molar-refractivity contribution in [1.82, 2.24) is 46.8 Å². The number of aliphatic carboxylic acids is 1. The number of carbonyl (C=O) groups excluding carboxylic acids is 7. The Hall–Kier alpha value is -7.57. The third kappa shape index (κ3) is 19.7. The maximum atomic E-state index is 14.9. The van der Waals surface area contributed by atoms with Gasteiger partial charge in [-0.05, 0) is 55.0 Å². The predicted molar refractivity (Wildman–Crippen MR) is 301 cm³/mol. The number of unbranched alkanes of at least 4 members (excludes halogenated alkanes) is 1. The van der Waals surface area contributed by atoms with Crippen LogP contribution in [-0.4, -0.2) is 140 Å². The molecule has 2 heterocycles. The number of nitrogens with zero attached hydrogens (tertiary/aromatic N) is 2. The molecule has 9 atom stereocenters. The normalized spacial score (nSPS) is 23.1. The lowest BCUT2D eigenvalue weighted by Gasteiger charge is -2.29. The summed E-state index contributed by atoms with van der Waals surface area (Å²) < 4.78 is 1.80. The molecule has 7 amide bonds. The fourth-order valence-electron chi connectivity index (χ4n) is 8.53. The highest BCUT2D eigenvalue weighted by molar-refractivity contribution is 8.76. The van der Waals surface area contributed by atoms with Crippen molar-refractivity contribution in [2.45, 2.75) is 113 Å². The molecule has 0 spiro atoms. The van der Waals surface area contributed by atoms with E-state index in [0.29, 0.717) is 41.8 Å². The molecule has 13 N–H and O–H groups in total. The number of benzene rings is 4. The van der Waals surface area contributed by atoms with Crippen LogP contribution in [0.5, 0.6) is 0 Å². The molecule has 5 aromatic rings. The van der Waals surface area contributed by atoms with E-state index in [1.54, 1.807) is 108 Å². The summed E-state index contributed by atoms with van der Waals surface area (Å²) in [6, 6.07) is 24.6. The number of rotatable bonds is 16. The highest BCUT2D eigenvalue weighted by Gasteiger charge is 2.36. The van der Waals surface area contributed by atoms with Crippen LogP contribution in [0.4, 0.5) is 0 Å².